The zero-order valence-corrected chi connectivity index (χ0v) is 14.3. The molecular weight excluding hydrogens is 324 g/mol. The predicted molar refractivity (Wildman–Crippen MR) is 90.4 cm³/mol. The highest BCUT2D eigenvalue weighted by Crippen LogP contribution is 2.22. The molecule has 25 heavy (non-hydrogen) atoms. The van der Waals surface area contributed by atoms with Gasteiger partial charge in [0.2, 0.25) is 0 Å². The second-order valence-corrected chi connectivity index (χ2v) is 6.11. The number of hydrogen-bond donors (Lipinski definition) is 0. The number of nitrogens with zero attached hydrogens (tertiary/aromatic N) is 4. The zero-order chi connectivity index (χ0) is 18.0. The van der Waals surface area contributed by atoms with Crippen LogP contribution in [0.15, 0.2) is 32.4 Å². The van der Waals surface area contributed by atoms with Crippen molar-refractivity contribution in [2.24, 2.45) is 14.1 Å². The Kier molecular flexibility index (Phi) is 4.76. The summed E-state index contributed by atoms with van der Waals surface area (Å²) in [5.41, 5.74) is -1.14. The third kappa shape index (κ3) is 3.23. The lowest BCUT2D eigenvalue weighted by Crippen LogP contribution is -2.44. The molecule has 0 amide bonds. The largest absolute Gasteiger partial charge is 0.467 e. The highest BCUT2D eigenvalue weighted by molar-refractivity contribution is 5.53. The Hall–Kier alpha value is -2.79. The summed E-state index contributed by atoms with van der Waals surface area (Å²) in [7, 11) is 2.93. The van der Waals surface area contributed by atoms with Crippen LogP contribution in [0, 0.1) is 11.3 Å². The van der Waals surface area contributed by atoms with E-state index < -0.39 is 11.2 Å². The molecule has 0 N–H and O–H groups in total. The van der Waals surface area contributed by atoms with E-state index in [9.17, 15) is 14.9 Å². The lowest BCUT2D eigenvalue weighted by molar-refractivity contribution is 0.114. The SMILES string of the molecule is Cn1c(N(Cc2ccco2)C[C@@H]2CCCO2)c(C#N)c(=O)n(C)c1=O. The molecule has 0 aliphatic carbocycles. The first-order valence-electron chi connectivity index (χ1n) is 8.12. The Balaban J connectivity index is 2.10. The van der Waals surface area contributed by atoms with E-state index in [1.165, 1.54) is 11.6 Å². The van der Waals surface area contributed by atoms with Crippen molar-refractivity contribution in [2.75, 3.05) is 18.1 Å². The minimum absolute atomic E-state index is 0.0133. The van der Waals surface area contributed by atoms with Crippen LogP contribution in [0.3, 0.4) is 0 Å². The van der Waals surface area contributed by atoms with Gasteiger partial charge in [-0.15, -0.1) is 0 Å². The lowest BCUT2D eigenvalue weighted by Gasteiger charge is -2.28. The number of nitriles is 1. The average Bonchev–Trinajstić information content (AvgIpc) is 3.29. The molecule has 0 radical (unpaired) electrons. The Labute approximate surface area is 144 Å². The minimum Gasteiger partial charge on any atom is -0.467 e. The molecule has 132 valence electrons. The fraction of sp³-hybridized carbons (Fsp3) is 0.471. The molecular formula is C17H20N4O4. The van der Waals surface area contributed by atoms with Crippen molar-refractivity contribution in [3.05, 3.63) is 50.6 Å². The van der Waals surface area contributed by atoms with Crippen molar-refractivity contribution < 1.29 is 9.15 Å². The molecule has 1 fully saturated rings. The number of hydrogen-bond acceptors (Lipinski definition) is 6. The molecule has 2 aromatic rings. The van der Waals surface area contributed by atoms with Crippen LogP contribution in [0.2, 0.25) is 0 Å². The molecule has 3 heterocycles. The second kappa shape index (κ2) is 6.99. The van der Waals surface area contributed by atoms with Gasteiger partial charge in [0.1, 0.15) is 17.6 Å². The summed E-state index contributed by atoms with van der Waals surface area (Å²) < 4.78 is 13.4. The fourth-order valence-electron chi connectivity index (χ4n) is 3.15. The van der Waals surface area contributed by atoms with E-state index in [0.717, 1.165) is 17.4 Å². The van der Waals surface area contributed by atoms with Crippen LogP contribution < -0.4 is 16.1 Å². The van der Waals surface area contributed by atoms with Gasteiger partial charge in [0.15, 0.2) is 5.56 Å². The Morgan fingerprint density at radius 2 is 2.16 bits per heavy atom. The monoisotopic (exact) mass is 344 g/mol. The molecule has 3 rings (SSSR count). The zero-order valence-electron chi connectivity index (χ0n) is 14.3. The van der Waals surface area contributed by atoms with Gasteiger partial charge in [0.25, 0.3) is 5.56 Å². The first-order chi connectivity index (χ1) is 12.0. The predicted octanol–water partition coefficient (Wildman–Crippen LogP) is 0.734. The van der Waals surface area contributed by atoms with E-state index in [1.807, 2.05) is 17.0 Å². The summed E-state index contributed by atoms with van der Waals surface area (Å²) in [6.07, 6.45) is 3.42. The van der Waals surface area contributed by atoms with Crippen molar-refractivity contribution in [1.82, 2.24) is 9.13 Å². The van der Waals surface area contributed by atoms with Crippen LogP contribution in [0.5, 0.6) is 0 Å². The van der Waals surface area contributed by atoms with Gasteiger partial charge in [-0.05, 0) is 25.0 Å². The molecule has 0 bridgehead atoms. The van der Waals surface area contributed by atoms with Gasteiger partial charge in [-0.3, -0.25) is 13.9 Å². The molecule has 8 nitrogen and oxygen atoms in total. The number of furan rings is 1. The van der Waals surface area contributed by atoms with Crippen LogP contribution in [-0.2, 0) is 25.4 Å². The molecule has 0 unspecified atom stereocenters. The van der Waals surface area contributed by atoms with Crippen molar-refractivity contribution in [3.63, 3.8) is 0 Å². The van der Waals surface area contributed by atoms with E-state index in [2.05, 4.69) is 0 Å². The van der Waals surface area contributed by atoms with Crippen LogP contribution in [0.25, 0.3) is 0 Å². The number of anilines is 1. The van der Waals surface area contributed by atoms with Gasteiger partial charge in [-0.1, -0.05) is 0 Å². The minimum atomic E-state index is -0.600. The Bertz CT molecular complexity index is 898. The van der Waals surface area contributed by atoms with Crippen molar-refractivity contribution in [2.45, 2.75) is 25.5 Å². The molecule has 0 saturated carbocycles. The summed E-state index contributed by atoms with van der Waals surface area (Å²) in [6.45, 7) is 1.50. The molecule has 8 heteroatoms. The molecule has 0 aromatic carbocycles. The lowest BCUT2D eigenvalue weighted by atomic mass is 10.2. The molecule has 1 saturated heterocycles. The Morgan fingerprint density at radius 3 is 2.76 bits per heavy atom. The normalized spacial score (nSPS) is 16.8. The first-order valence-corrected chi connectivity index (χ1v) is 8.12. The van der Waals surface area contributed by atoms with Gasteiger partial charge >= 0.3 is 5.69 Å². The van der Waals surface area contributed by atoms with Gasteiger partial charge in [-0.2, -0.15) is 5.26 Å². The Morgan fingerprint density at radius 1 is 1.36 bits per heavy atom. The summed E-state index contributed by atoms with van der Waals surface area (Å²) in [4.78, 5) is 26.6. The van der Waals surface area contributed by atoms with Crippen molar-refractivity contribution >= 4 is 5.82 Å². The average molecular weight is 344 g/mol. The number of ether oxygens (including phenoxy) is 1. The third-order valence-electron chi connectivity index (χ3n) is 4.42. The summed E-state index contributed by atoms with van der Waals surface area (Å²) >= 11 is 0. The van der Waals surface area contributed by atoms with E-state index in [-0.39, 0.29) is 11.7 Å². The topological polar surface area (TPSA) is 93.4 Å². The maximum absolute atomic E-state index is 12.4. The maximum Gasteiger partial charge on any atom is 0.332 e. The molecule has 0 spiro atoms. The summed E-state index contributed by atoms with van der Waals surface area (Å²) in [6, 6.07) is 5.54. The molecule has 1 aliphatic heterocycles. The second-order valence-electron chi connectivity index (χ2n) is 6.11. The molecule has 2 aromatic heterocycles. The van der Waals surface area contributed by atoms with E-state index in [0.29, 0.717) is 31.3 Å². The third-order valence-corrected chi connectivity index (χ3v) is 4.42. The van der Waals surface area contributed by atoms with Crippen LogP contribution >= 0.6 is 0 Å². The van der Waals surface area contributed by atoms with Crippen LogP contribution in [0.1, 0.15) is 24.2 Å². The molecule has 1 atom stereocenters. The highest BCUT2D eigenvalue weighted by Gasteiger charge is 2.26. The van der Waals surface area contributed by atoms with E-state index >= 15 is 0 Å². The summed E-state index contributed by atoms with van der Waals surface area (Å²) in [5, 5.41) is 9.51. The highest BCUT2D eigenvalue weighted by atomic mass is 16.5. The smallest absolute Gasteiger partial charge is 0.332 e. The van der Waals surface area contributed by atoms with Crippen LogP contribution in [-0.4, -0.2) is 28.4 Å². The van der Waals surface area contributed by atoms with Crippen molar-refractivity contribution in [1.29, 1.82) is 5.26 Å². The van der Waals surface area contributed by atoms with Crippen LogP contribution in [0.4, 0.5) is 5.82 Å². The maximum atomic E-state index is 12.4. The van der Waals surface area contributed by atoms with E-state index in [1.54, 1.807) is 19.4 Å². The van der Waals surface area contributed by atoms with Crippen molar-refractivity contribution in [3.8, 4) is 6.07 Å². The van der Waals surface area contributed by atoms with Gasteiger partial charge in [0, 0.05) is 27.2 Å². The van der Waals surface area contributed by atoms with Gasteiger partial charge in [-0.25, -0.2) is 4.79 Å². The van der Waals surface area contributed by atoms with Gasteiger partial charge < -0.3 is 14.1 Å². The summed E-state index contributed by atoms with van der Waals surface area (Å²) in [5.74, 6) is 0.970. The first kappa shape index (κ1) is 17.0. The fourth-order valence-corrected chi connectivity index (χ4v) is 3.15. The standard InChI is InChI=1S/C17H20N4O4/c1-19-15(14(9-18)16(22)20(2)17(19)23)21(10-12-5-3-7-24-12)11-13-6-4-8-25-13/h3,5,7,13H,4,6,8,10-11H2,1-2H3/t13-/m0/s1. The van der Waals surface area contributed by atoms with Gasteiger partial charge in [0.05, 0.1) is 18.9 Å². The van der Waals surface area contributed by atoms with E-state index in [4.69, 9.17) is 9.15 Å². The number of rotatable bonds is 5. The quantitative estimate of drug-likeness (QED) is 0.794. The number of aromatic nitrogens is 2. The molecule has 1 aliphatic rings.